The summed E-state index contributed by atoms with van der Waals surface area (Å²) in [5.41, 5.74) is 13.3. The maximum Gasteiger partial charge on any atom is 0.407 e. The van der Waals surface area contributed by atoms with Crippen LogP contribution in [0.5, 0.6) is 5.75 Å². The number of ether oxygens (including phenoxy) is 2. The first kappa shape index (κ1) is 44.1. The molecule has 0 saturated heterocycles. The van der Waals surface area contributed by atoms with E-state index in [-0.39, 0.29) is 38.6 Å². The number of urea groups is 1. The highest BCUT2D eigenvalue weighted by atomic mass is 19.2. The van der Waals surface area contributed by atoms with Gasteiger partial charge in [-0.25, -0.2) is 18.4 Å². The van der Waals surface area contributed by atoms with E-state index >= 15 is 0 Å². The number of hydrogen-bond donors (Lipinski definition) is 6. The molecule has 0 heterocycles. The Balaban J connectivity index is 1.95. The summed E-state index contributed by atoms with van der Waals surface area (Å²) in [7, 11) is 0. The van der Waals surface area contributed by atoms with Crippen LogP contribution in [-0.4, -0.2) is 67.5 Å². The van der Waals surface area contributed by atoms with E-state index in [1.807, 2.05) is 0 Å². The molecule has 0 aliphatic heterocycles. The van der Waals surface area contributed by atoms with E-state index in [9.17, 15) is 46.3 Å². The Hall–Kier alpha value is -6.11. The Bertz CT molecular complexity index is 1710. The predicted molar refractivity (Wildman–Crippen MR) is 183 cm³/mol. The molecule has 2 aromatic rings. The summed E-state index contributed by atoms with van der Waals surface area (Å²) in [5, 5.41) is 15.7. The molecule has 2 aromatic carbocycles. The molecule has 54 heavy (non-hydrogen) atoms. The Kier molecular flexibility index (Phi) is 17.0. The minimum Gasteiger partial charge on any atom is -0.445 e. The van der Waals surface area contributed by atoms with Crippen molar-refractivity contribution in [2.75, 3.05) is 25.0 Å². The lowest BCUT2D eigenvalue weighted by atomic mass is 9.89. The van der Waals surface area contributed by atoms with Gasteiger partial charge in [0.25, 0.3) is 0 Å². The number of hydrogen-bond acceptors (Lipinski definition) is 9. The van der Waals surface area contributed by atoms with Gasteiger partial charge in [0.05, 0.1) is 6.42 Å². The molecule has 17 nitrogen and oxygen atoms in total. The van der Waals surface area contributed by atoms with Crippen molar-refractivity contribution < 1.29 is 55.8 Å². The summed E-state index contributed by atoms with van der Waals surface area (Å²) in [6.45, 7) is 5.51. The van der Waals surface area contributed by atoms with Crippen molar-refractivity contribution in [3.63, 3.8) is 0 Å². The molecule has 294 valence electrons. The van der Waals surface area contributed by atoms with Crippen molar-refractivity contribution in [1.82, 2.24) is 21.3 Å². The minimum atomic E-state index is -1.87. The van der Waals surface area contributed by atoms with Crippen LogP contribution < -0.4 is 37.1 Å². The van der Waals surface area contributed by atoms with Crippen LogP contribution >= 0.6 is 0 Å². The third kappa shape index (κ3) is 14.9. The van der Waals surface area contributed by atoms with Crippen LogP contribution in [0.3, 0.4) is 0 Å². The van der Waals surface area contributed by atoms with E-state index in [2.05, 4.69) is 41.3 Å². The number of benzene rings is 2. The molecule has 0 unspecified atom stereocenters. The zero-order valence-electron chi connectivity index (χ0n) is 29.8. The molecule has 0 bridgehead atoms. The third-order valence-corrected chi connectivity index (χ3v) is 7.36. The molecular weight excluding hydrogens is 726 g/mol. The molecule has 21 heteroatoms. The molecule has 0 aliphatic carbocycles. The normalized spacial score (nSPS) is 12.0. The van der Waals surface area contributed by atoms with E-state index in [0.29, 0.717) is 11.3 Å². The van der Waals surface area contributed by atoms with Gasteiger partial charge in [-0.15, -0.1) is 0 Å². The van der Waals surface area contributed by atoms with E-state index in [1.54, 1.807) is 13.8 Å². The van der Waals surface area contributed by atoms with Crippen LogP contribution in [0, 0.1) is 34.6 Å². The predicted octanol–water partition coefficient (Wildman–Crippen LogP) is 3.81. The number of carbonyl (C=O) groups excluding carboxylic acids is 6. The fraction of sp³-hybridized carbons (Fsp3) is 0.455. The molecule has 0 saturated carbocycles. The summed E-state index contributed by atoms with van der Waals surface area (Å²) in [6, 6.07) is 3.08. The van der Waals surface area contributed by atoms with Crippen molar-refractivity contribution >= 4 is 41.5 Å². The largest absolute Gasteiger partial charge is 0.445 e. The van der Waals surface area contributed by atoms with Crippen molar-refractivity contribution in [2.45, 2.75) is 65.6 Å². The second-order valence-corrected chi connectivity index (χ2v) is 12.9. The highest BCUT2D eigenvalue weighted by Gasteiger charge is 2.30. The highest BCUT2D eigenvalue weighted by Crippen LogP contribution is 2.28. The first-order valence-electron chi connectivity index (χ1n) is 16.3. The van der Waals surface area contributed by atoms with Gasteiger partial charge >= 0.3 is 18.1 Å². The van der Waals surface area contributed by atoms with Gasteiger partial charge in [0.15, 0.2) is 11.6 Å². The molecule has 0 aliphatic rings. The zero-order valence-corrected chi connectivity index (χ0v) is 29.8. The number of azide groups is 1. The van der Waals surface area contributed by atoms with Gasteiger partial charge in [0, 0.05) is 29.8 Å². The van der Waals surface area contributed by atoms with Crippen molar-refractivity contribution in [2.24, 2.45) is 22.2 Å². The van der Waals surface area contributed by atoms with Crippen LogP contribution in [0.1, 0.15) is 52.5 Å². The van der Waals surface area contributed by atoms with Crippen LogP contribution in [0.15, 0.2) is 35.4 Å². The smallest absolute Gasteiger partial charge is 0.407 e. The Labute approximate surface area is 306 Å². The average molecular weight is 768 g/mol. The number of halogens is 4. The van der Waals surface area contributed by atoms with Gasteiger partial charge in [-0.05, 0) is 47.4 Å². The van der Waals surface area contributed by atoms with Crippen molar-refractivity contribution in [3.05, 3.63) is 69.6 Å². The van der Waals surface area contributed by atoms with Gasteiger partial charge in [0.1, 0.15) is 25.2 Å². The van der Waals surface area contributed by atoms with Crippen LogP contribution in [-0.2, 0) is 30.5 Å². The summed E-state index contributed by atoms with van der Waals surface area (Å²) >= 11 is 0. The molecule has 0 aromatic heterocycles. The van der Waals surface area contributed by atoms with Gasteiger partial charge in [-0.2, -0.15) is 8.78 Å². The second kappa shape index (κ2) is 20.8. The Morgan fingerprint density at radius 2 is 1.57 bits per heavy atom. The number of primary amides is 1. The van der Waals surface area contributed by atoms with Crippen molar-refractivity contribution in [1.29, 1.82) is 0 Å². The zero-order chi connectivity index (χ0) is 40.6. The molecule has 0 spiro atoms. The van der Waals surface area contributed by atoms with Gasteiger partial charge in [-0.3, -0.25) is 19.2 Å². The number of nitrogens with zero attached hydrogens (tertiary/aromatic N) is 3. The third-order valence-electron chi connectivity index (χ3n) is 7.36. The molecule has 2 atom stereocenters. The lowest BCUT2D eigenvalue weighted by molar-refractivity contribution is -0.137. The number of amides is 6. The fourth-order valence-electron chi connectivity index (χ4n) is 4.57. The Morgan fingerprint density at radius 3 is 2.15 bits per heavy atom. The molecule has 0 fully saturated rings. The SMILES string of the molecule is CC(C)[C@H](NC(=O)CN=[N+]=[N-])C(=O)N[C@@H](CCCNC(N)=O)C(=O)Nc1ccc(COC(=O)NCC(C)(C)CC(=O)Oc2c(F)c(F)cc(F)c2F)cc1. The quantitative estimate of drug-likeness (QED) is 0.0179. The number of nitrogens with two attached hydrogens (primary N) is 1. The lowest BCUT2D eigenvalue weighted by Crippen LogP contribution is -2.55. The van der Waals surface area contributed by atoms with E-state index in [0.717, 1.165) is 0 Å². The first-order chi connectivity index (χ1) is 25.3. The summed E-state index contributed by atoms with van der Waals surface area (Å²) in [6.07, 6.45) is -1.10. The van der Waals surface area contributed by atoms with Crippen LogP contribution in [0.2, 0.25) is 0 Å². The van der Waals surface area contributed by atoms with E-state index in [4.69, 9.17) is 16.0 Å². The maximum absolute atomic E-state index is 13.8. The molecule has 2 rings (SSSR count). The van der Waals surface area contributed by atoms with Gasteiger partial charge in [0.2, 0.25) is 35.1 Å². The lowest BCUT2D eigenvalue weighted by Gasteiger charge is -2.25. The standard InChI is InChI=1S/C33H41F4N9O8/c1-17(2)27(45-23(47)14-42-46-39)30(50)44-22(6-5-11-40-31(38)51)29(49)43-19-9-7-18(8-10-19)15-53-32(52)41-16-33(3,4)13-24(48)54-28-25(36)20(34)12-21(35)26(28)37/h7-10,12,17,22,27H,5-6,11,13-16H2,1-4H3,(H,41,52)(H,43,49)(H,44,50)(H,45,47)(H3,38,40,51)/t22-,27-/m0/s1. The van der Waals surface area contributed by atoms with E-state index in [1.165, 1.54) is 38.1 Å². The van der Waals surface area contributed by atoms with Crippen molar-refractivity contribution in [3.8, 4) is 5.75 Å². The van der Waals surface area contributed by atoms with Gasteiger partial charge < -0.3 is 41.8 Å². The number of esters is 1. The summed E-state index contributed by atoms with van der Waals surface area (Å²) in [4.78, 5) is 76.6. The Morgan fingerprint density at radius 1 is 0.944 bits per heavy atom. The topological polar surface area (TPSA) is 256 Å². The van der Waals surface area contributed by atoms with Crippen LogP contribution in [0.25, 0.3) is 10.4 Å². The number of carbonyl (C=O) groups is 6. The highest BCUT2D eigenvalue weighted by molar-refractivity contribution is 5.98. The minimum absolute atomic E-state index is 0.0289. The van der Waals surface area contributed by atoms with Gasteiger partial charge in [-0.1, -0.05) is 44.9 Å². The molecule has 7 N–H and O–H groups in total. The molecular formula is C33H41F4N9O8. The average Bonchev–Trinajstić information content (AvgIpc) is 3.10. The summed E-state index contributed by atoms with van der Waals surface area (Å²) in [5.74, 6) is -12.4. The molecule has 0 radical (unpaired) electrons. The monoisotopic (exact) mass is 767 g/mol. The second-order valence-electron chi connectivity index (χ2n) is 12.9. The number of anilines is 1. The number of rotatable bonds is 19. The fourth-order valence-corrected chi connectivity index (χ4v) is 4.57. The van der Waals surface area contributed by atoms with Crippen LogP contribution in [0.4, 0.5) is 32.8 Å². The first-order valence-corrected chi connectivity index (χ1v) is 16.3. The molecule has 6 amide bonds. The number of alkyl carbamates (subject to hydrolysis) is 1. The number of nitrogens with one attached hydrogen (secondary N) is 5. The van der Waals surface area contributed by atoms with E-state index < -0.39 is 101 Å². The summed E-state index contributed by atoms with van der Waals surface area (Å²) < 4.78 is 64.2. The maximum atomic E-state index is 13.8.